The van der Waals surface area contributed by atoms with Gasteiger partial charge < -0.3 is 10.5 Å². The van der Waals surface area contributed by atoms with E-state index < -0.39 is 11.5 Å². The quantitative estimate of drug-likeness (QED) is 0.689. The summed E-state index contributed by atoms with van der Waals surface area (Å²) in [4.78, 5) is 21.5. The van der Waals surface area contributed by atoms with Crippen LogP contribution in [0.1, 0.15) is 39.5 Å². The normalized spacial score (nSPS) is 23.9. The Morgan fingerprint density at radius 2 is 1.79 bits per heavy atom. The first-order valence-electron chi connectivity index (χ1n) is 4.83. The van der Waals surface area contributed by atoms with Gasteiger partial charge in [0.15, 0.2) is 5.60 Å². The number of amides is 1. The van der Waals surface area contributed by atoms with E-state index in [1.54, 1.807) is 0 Å². The van der Waals surface area contributed by atoms with Crippen molar-refractivity contribution in [1.29, 1.82) is 0 Å². The number of carbonyl (C=O) groups excluding carboxylic acids is 2. The van der Waals surface area contributed by atoms with E-state index in [9.17, 15) is 9.59 Å². The van der Waals surface area contributed by atoms with E-state index in [4.69, 9.17) is 10.5 Å². The van der Waals surface area contributed by atoms with Crippen LogP contribution in [-0.2, 0) is 14.3 Å². The third kappa shape index (κ3) is 2.05. The number of primary amides is 1. The second-order valence-electron chi connectivity index (χ2n) is 4.74. The van der Waals surface area contributed by atoms with Crippen molar-refractivity contribution in [3.8, 4) is 0 Å². The number of hydrogen-bond acceptors (Lipinski definition) is 3. The predicted molar refractivity (Wildman–Crippen MR) is 51.3 cm³/mol. The molecule has 0 saturated heterocycles. The lowest BCUT2D eigenvalue weighted by Gasteiger charge is -2.39. The van der Waals surface area contributed by atoms with Gasteiger partial charge in [-0.2, -0.15) is 0 Å². The molecule has 2 N–H and O–H groups in total. The fourth-order valence-electron chi connectivity index (χ4n) is 1.85. The minimum atomic E-state index is -1.04. The molecule has 0 radical (unpaired) electrons. The maximum absolute atomic E-state index is 11.2. The Hall–Kier alpha value is -1.06. The summed E-state index contributed by atoms with van der Waals surface area (Å²) in [5.74, 6) is -0.528. The Bertz CT molecular complexity index is 238. The summed E-state index contributed by atoms with van der Waals surface area (Å²) in [6.07, 6.45) is 2.77. The monoisotopic (exact) mass is 199 g/mol. The van der Waals surface area contributed by atoms with Crippen LogP contribution in [-0.4, -0.2) is 18.0 Å². The van der Waals surface area contributed by atoms with E-state index >= 15 is 0 Å². The summed E-state index contributed by atoms with van der Waals surface area (Å²) >= 11 is 0. The summed E-state index contributed by atoms with van der Waals surface area (Å²) in [6, 6.07) is 0. The van der Waals surface area contributed by atoms with Gasteiger partial charge in [-0.15, -0.1) is 0 Å². The zero-order chi connectivity index (χ0) is 10.8. The molecule has 1 rings (SSSR count). The highest BCUT2D eigenvalue weighted by Crippen LogP contribution is 2.41. The molecule has 1 amide bonds. The van der Waals surface area contributed by atoms with Crippen LogP contribution >= 0.6 is 0 Å². The molecule has 80 valence electrons. The van der Waals surface area contributed by atoms with Crippen LogP contribution in [0.3, 0.4) is 0 Å². The first-order valence-corrected chi connectivity index (χ1v) is 4.83. The molecule has 4 nitrogen and oxygen atoms in total. The lowest BCUT2D eigenvalue weighted by Crippen LogP contribution is -2.49. The molecule has 1 aliphatic rings. The minimum absolute atomic E-state index is 0.213. The van der Waals surface area contributed by atoms with Crippen LogP contribution in [0.4, 0.5) is 0 Å². The van der Waals surface area contributed by atoms with E-state index in [1.165, 1.54) is 0 Å². The van der Waals surface area contributed by atoms with Crippen molar-refractivity contribution in [3.63, 3.8) is 0 Å². The molecule has 0 heterocycles. The average molecular weight is 199 g/mol. The smallest absolute Gasteiger partial charge is 0.294 e. The molecular weight excluding hydrogens is 182 g/mol. The summed E-state index contributed by atoms with van der Waals surface area (Å²) < 4.78 is 4.87. The van der Waals surface area contributed by atoms with Crippen LogP contribution in [0.15, 0.2) is 0 Å². The van der Waals surface area contributed by atoms with Gasteiger partial charge in [0.2, 0.25) is 0 Å². The zero-order valence-electron chi connectivity index (χ0n) is 8.71. The summed E-state index contributed by atoms with van der Waals surface area (Å²) in [6.45, 7) is 4.60. The van der Waals surface area contributed by atoms with Crippen LogP contribution < -0.4 is 5.73 Å². The van der Waals surface area contributed by atoms with Gasteiger partial charge >= 0.3 is 0 Å². The number of hydrogen-bond donors (Lipinski definition) is 1. The zero-order valence-corrected chi connectivity index (χ0v) is 8.71. The first-order chi connectivity index (χ1) is 6.42. The largest absolute Gasteiger partial charge is 0.451 e. The van der Waals surface area contributed by atoms with Crippen LogP contribution in [0.25, 0.3) is 0 Å². The van der Waals surface area contributed by atoms with Gasteiger partial charge in [0, 0.05) is 0 Å². The second-order valence-corrected chi connectivity index (χ2v) is 4.74. The van der Waals surface area contributed by atoms with E-state index in [0.29, 0.717) is 19.3 Å². The van der Waals surface area contributed by atoms with Gasteiger partial charge in [0.1, 0.15) is 0 Å². The minimum Gasteiger partial charge on any atom is -0.451 e. The molecule has 0 aliphatic heterocycles. The Labute approximate surface area is 83.8 Å². The molecule has 0 unspecified atom stereocenters. The standard InChI is InChI=1S/C10H17NO3/c1-9(2)3-5-10(6-4-9,8(11)13)14-7-12/h7H,3-6H2,1-2H3,(H2,11,13). The highest BCUT2D eigenvalue weighted by Gasteiger charge is 2.44. The summed E-state index contributed by atoms with van der Waals surface area (Å²) in [5.41, 5.74) is 4.42. The Morgan fingerprint density at radius 1 is 1.29 bits per heavy atom. The molecule has 0 aromatic rings. The number of ether oxygens (including phenoxy) is 1. The third-order valence-corrected chi connectivity index (χ3v) is 3.13. The SMILES string of the molecule is CC1(C)CCC(OC=O)(C(N)=O)CC1. The predicted octanol–water partition coefficient (Wildman–Crippen LogP) is 0.984. The average Bonchev–Trinajstić information content (AvgIpc) is 2.09. The van der Waals surface area contributed by atoms with Crippen molar-refractivity contribution in [2.75, 3.05) is 0 Å². The van der Waals surface area contributed by atoms with Crippen LogP contribution in [0.2, 0.25) is 0 Å². The van der Waals surface area contributed by atoms with Gasteiger partial charge in [-0.3, -0.25) is 9.59 Å². The fraction of sp³-hybridized carbons (Fsp3) is 0.800. The second kappa shape index (κ2) is 3.59. The van der Waals surface area contributed by atoms with Gasteiger partial charge in [0.05, 0.1) is 0 Å². The van der Waals surface area contributed by atoms with Crippen LogP contribution in [0.5, 0.6) is 0 Å². The highest BCUT2D eigenvalue weighted by atomic mass is 16.5. The lowest BCUT2D eigenvalue weighted by molar-refractivity contribution is -0.162. The molecule has 14 heavy (non-hydrogen) atoms. The van der Waals surface area contributed by atoms with E-state index in [2.05, 4.69) is 13.8 Å². The van der Waals surface area contributed by atoms with Gasteiger partial charge in [-0.25, -0.2) is 0 Å². The number of nitrogens with two attached hydrogens (primary N) is 1. The first kappa shape index (κ1) is 11.0. The topological polar surface area (TPSA) is 69.4 Å². The van der Waals surface area contributed by atoms with Crippen molar-refractivity contribution < 1.29 is 14.3 Å². The Balaban J connectivity index is 2.74. The van der Waals surface area contributed by atoms with E-state index in [0.717, 1.165) is 12.8 Å². The molecule has 0 aromatic heterocycles. The molecule has 1 saturated carbocycles. The third-order valence-electron chi connectivity index (χ3n) is 3.13. The van der Waals surface area contributed by atoms with Crippen molar-refractivity contribution in [3.05, 3.63) is 0 Å². The molecule has 4 heteroatoms. The molecular formula is C10H17NO3. The van der Waals surface area contributed by atoms with Gasteiger partial charge in [-0.1, -0.05) is 13.8 Å². The van der Waals surface area contributed by atoms with Crippen molar-refractivity contribution >= 4 is 12.4 Å². The Kier molecular flexibility index (Phi) is 2.83. The maximum atomic E-state index is 11.2. The molecule has 0 spiro atoms. The van der Waals surface area contributed by atoms with E-state index in [1.807, 2.05) is 0 Å². The summed E-state index contributed by atoms with van der Waals surface area (Å²) in [5, 5.41) is 0. The van der Waals surface area contributed by atoms with Crippen molar-refractivity contribution in [1.82, 2.24) is 0 Å². The molecule has 0 aromatic carbocycles. The van der Waals surface area contributed by atoms with Gasteiger partial charge in [0.25, 0.3) is 12.4 Å². The summed E-state index contributed by atoms with van der Waals surface area (Å²) in [7, 11) is 0. The molecule has 0 atom stereocenters. The molecule has 1 fully saturated rings. The van der Waals surface area contributed by atoms with Crippen LogP contribution in [0, 0.1) is 5.41 Å². The van der Waals surface area contributed by atoms with E-state index in [-0.39, 0.29) is 5.41 Å². The maximum Gasteiger partial charge on any atom is 0.294 e. The lowest BCUT2D eigenvalue weighted by atomic mass is 9.70. The van der Waals surface area contributed by atoms with Crippen molar-refractivity contribution in [2.24, 2.45) is 11.1 Å². The number of carbonyl (C=O) groups is 2. The highest BCUT2D eigenvalue weighted by molar-refractivity contribution is 5.84. The van der Waals surface area contributed by atoms with Crippen molar-refractivity contribution in [2.45, 2.75) is 45.1 Å². The number of rotatable bonds is 3. The van der Waals surface area contributed by atoms with Gasteiger partial charge in [-0.05, 0) is 31.1 Å². The molecule has 1 aliphatic carbocycles. The fourth-order valence-corrected chi connectivity index (χ4v) is 1.85. The molecule has 0 bridgehead atoms. The Morgan fingerprint density at radius 3 is 2.14 bits per heavy atom.